The first-order valence-corrected chi connectivity index (χ1v) is 8.41. The molecule has 3 aromatic heterocycles. The summed E-state index contributed by atoms with van der Waals surface area (Å²) in [7, 11) is 0. The first kappa shape index (κ1) is 19.9. The third-order valence-corrected chi connectivity index (χ3v) is 4.15. The number of nitrogens with one attached hydrogen (secondary N) is 3. The first-order valence-electron chi connectivity index (χ1n) is 8.03. The Kier molecular flexibility index (Phi) is 5.41. The van der Waals surface area contributed by atoms with E-state index in [9.17, 15) is 22.4 Å². The van der Waals surface area contributed by atoms with Crippen LogP contribution in [0.2, 0.25) is 5.02 Å². The third kappa shape index (κ3) is 4.33. The van der Waals surface area contributed by atoms with Gasteiger partial charge in [0.1, 0.15) is 18.2 Å². The van der Waals surface area contributed by atoms with Gasteiger partial charge in [-0.2, -0.15) is 13.2 Å². The molecule has 3 rings (SSSR count). The van der Waals surface area contributed by atoms with Crippen LogP contribution in [-0.2, 0) is 4.79 Å². The van der Waals surface area contributed by atoms with E-state index in [1.54, 1.807) is 11.4 Å². The van der Waals surface area contributed by atoms with Gasteiger partial charge >= 0.3 is 6.18 Å². The lowest BCUT2D eigenvalue weighted by atomic mass is 10.1. The van der Waals surface area contributed by atoms with Crippen LogP contribution in [0.25, 0.3) is 22.2 Å². The number of carbonyl (C=O) groups is 1. The van der Waals surface area contributed by atoms with Crippen LogP contribution in [0.5, 0.6) is 0 Å². The van der Waals surface area contributed by atoms with E-state index in [1.165, 1.54) is 31.7 Å². The number of alkyl halides is 3. The molecule has 6 nitrogen and oxygen atoms in total. The van der Waals surface area contributed by atoms with Gasteiger partial charge in [0.15, 0.2) is 5.82 Å². The minimum Gasteiger partial charge on any atom is -0.373 e. The molecule has 11 heteroatoms. The molecule has 1 unspecified atom stereocenters. The van der Waals surface area contributed by atoms with Gasteiger partial charge < -0.3 is 15.6 Å². The van der Waals surface area contributed by atoms with Gasteiger partial charge in [-0.05, 0) is 13.0 Å². The van der Waals surface area contributed by atoms with Crippen molar-refractivity contribution in [2.75, 3.05) is 11.9 Å². The van der Waals surface area contributed by atoms with Crippen molar-refractivity contribution in [1.29, 1.82) is 0 Å². The van der Waals surface area contributed by atoms with E-state index in [1.807, 2.05) is 0 Å². The molecule has 0 radical (unpaired) electrons. The quantitative estimate of drug-likeness (QED) is 0.552. The second-order valence-electron chi connectivity index (χ2n) is 6.01. The van der Waals surface area contributed by atoms with Gasteiger partial charge in [-0.1, -0.05) is 11.6 Å². The fourth-order valence-corrected chi connectivity index (χ4v) is 2.73. The van der Waals surface area contributed by atoms with Crippen molar-refractivity contribution in [3.8, 4) is 11.1 Å². The van der Waals surface area contributed by atoms with Crippen LogP contribution in [-0.4, -0.2) is 39.6 Å². The molecule has 0 spiro atoms. The number of amides is 1. The molecule has 1 amide bonds. The van der Waals surface area contributed by atoms with Crippen molar-refractivity contribution in [3.63, 3.8) is 0 Å². The lowest BCUT2D eigenvalue weighted by Crippen LogP contribution is -2.42. The fraction of sp³-hybridized carbons (Fsp3) is 0.235. The van der Waals surface area contributed by atoms with Crippen molar-refractivity contribution in [2.24, 2.45) is 0 Å². The Balaban J connectivity index is 1.82. The number of anilines is 1. The summed E-state index contributed by atoms with van der Waals surface area (Å²) >= 11 is 5.80. The van der Waals surface area contributed by atoms with Crippen LogP contribution >= 0.6 is 11.6 Å². The zero-order valence-electron chi connectivity index (χ0n) is 14.4. The number of halogens is 5. The van der Waals surface area contributed by atoms with Gasteiger partial charge in [0.2, 0.25) is 5.91 Å². The number of nitrogens with zero attached hydrogens (tertiary/aromatic N) is 2. The number of aromatic amines is 1. The van der Waals surface area contributed by atoms with E-state index >= 15 is 0 Å². The number of aromatic nitrogens is 3. The van der Waals surface area contributed by atoms with Crippen molar-refractivity contribution < 1.29 is 22.4 Å². The third-order valence-electron chi connectivity index (χ3n) is 3.88. The molecule has 148 valence electrons. The molecule has 0 saturated heterocycles. The minimum absolute atomic E-state index is 0.134. The van der Waals surface area contributed by atoms with Crippen LogP contribution in [0.15, 0.2) is 30.9 Å². The van der Waals surface area contributed by atoms with Crippen LogP contribution < -0.4 is 10.6 Å². The highest BCUT2D eigenvalue weighted by molar-refractivity contribution is 6.31. The number of hydrogen-bond acceptors (Lipinski definition) is 4. The van der Waals surface area contributed by atoms with Gasteiger partial charge in [0.05, 0.1) is 22.3 Å². The summed E-state index contributed by atoms with van der Waals surface area (Å²) < 4.78 is 51.0. The fourth-order valence-electron chi connectivity index (χ4n) is 2.58. The Morgan fingerprint density at radius 2 is 2.07 bits per heavy atom. The molecule has 0 aliphatic rings. The number of hydrogen-bond donors (Lipinski definition) is 3. The molecule has 3 heterocycles. The topological polar surface area (TPSA) is 82.7 Å². The highest BCUT2D eigenvalue weighted by Crippen LogP contribution is 2.33. The van der Waals surface area contributed by atoms with E-state index in [2.05, 4.69) is 20.3 Å². The van der Waals surface area contributed by atoms with Gasteiger partial charge in [0, 0.05) is 29.7 Å². The van der Waals surface area contributed by atoms with Crippen LogP contribution in [0, 0.1) is 5.82 Å². The van der Waals surface area contributed by atoms with Gasteiger partial charge in [-0.25, -0.2) is 9.37 Å². The van der Waals surface area contributed by atoms with Crippen molar-refractivity contribution >= 4 is 34.2 Å². The van der Waals surface area contributed by atoms with Gasteiger partial charge in [-0.15, -0.1) is 0 Å². The van der Waals surface area contributed by atoms with Gasteiger partial charge in [-0.3, -0.25) is 9.78 Å². The second kappa shape index (κ2) is 7.63. The maximum Gasteiger partial charge on any atom is 0.405 e. The predicted octanol–water partition coefficient (Wildman–Crippen LogP) is 3.90. The number of pyridine rings is 2. The van der Waals surface area contributed by atoms with E-state index < -0.39 is 30.5 Å². The summed E-state index contributed by atoms with van der Waals surface area (Å²) in [4.78, 5) is 22.7. The molecular weight excluding hydrogens is 402 g/mol. The Bertz CT molecular complexity index is 1020. The highest BCUT2D eigenvalue weighted by atomic mass is 35.5. The summed E-state index contributed by atoms with van der Waals surface area (Å²) in [6, 6.07) is 0.638. The molecule has 3 N–H and O–H groups in total. The van der Waals surface area contributed by atoms with E-state index in [0.29, 0.717) is 22.5 Å². The Morgan fingerprint density at radius 3 is 2.79 bits per heavy atom. The average Bonchev–Trinajstić information content (AvgIpc) is 3.07. The molecule has 0 aliphatic heterocycles. The monoisotopic (exact) mass is 415 g/mol. The molecule has 1 atom stereocenters. The summed E-state index contributed by atoms with van der Waals surface area (Å²) in [5.41, 5.74) is 1.63. The van der Waals surface area contributed by atoms with E-state index in [4.69, 9.17) is 11.6 Å². The standard InChI is InChI=1S/C17H14ClF4N5O/c1-8(16(28)26-7-17(20,21)22)27-10-2-9(3-23-4-10)11-5-24-15-13(11)14(19)12(18)6-25-15/h2-6,8,27H,7H2,1H3,(H,24,25)(H,26,28). The molecule has 0 saturated carbocycles. The van der Waals surface area contributed by atoms with Crippen LogP contribution in [0.4, 0.5) is 23.2 Å². The maximum atomic E-state index is 14.4. The summed E-state index contributed by atoms with van der Waals surface area (Å²) in [6.45, 7) is -0.00798. The highest BCUT2D eigenvalue weighted by Gasteiger charge is 2.28. The molecule has 3 aromatic rings. The Morgan fingerprint density at radius 1 is 1.32 bits per heavy atom. The summed E-state index contributed by atoms with van der Waals surface area (Å²) in [5.74, 6) is -1.46. The molecule has 0 bridgehead atoms. The average molecular weight is 416 g/mol. The molecule has 0 fully saturated rings. The lowest BCUT2D eigenvalue weighted by molar-refractivity contribution is -0.138. The van der Waals surface area contributed by atoms with E-state index in [-0.39, 0.29) is 10.4 Å². The zero-order chi connectivity index (χ0) is 20.5. The number of H-pyrrole nitrogens is 1. The molecule has 0 aromatic carbocycles. The lowest BCUT2D eigenvalue weighted by Gasteiger charge is -2.16. The number of rotatable bonds is 5. The number of fused-ring (bicyclic) bond motifs is 1. The second-order valence-corrected chi connectivity index (χ2v) is 6.41. The van der Waals surface area contributed by atoms with Gasteiger partial charge in [0.25, 0.3) is 0 Å². The summed E-state index contributed by atoms with van der Waals surface area (Å²) in [5, 5.41) is 4.61. The summed E-state index contributed by atoms with van der Waals surface area (Å²) in [6.07, 6.45) is 1.11. The largest absolute Gasteiger partial charge is 0.405 e. The van der Waals surface area contributed by atoms with Crippen LogP contribution in [0.3, 0.4) is 0 Å². The number of carbonyl (C=O) groups excluding carboxylic acids is 1. The van der Waals surface area contributed by atoms with Crippen molar-refractivity contribution in [1.82, 2.24) is 20.3 Å². The Hall–Kier alpha value is -2.88. The molecule has 0 aliphatic carbocycles. The first-order chi connectivity index (χ1) is 13.2. The smallest absolute Gasteiger partial charge is 0.373 e. The van der Waals surface area contributed by atoms with E-state index in [0.717, 1.165) is 0 Å². The Labute approximate surface area is 161 Å². The van der Waals surface area contributed by atoms with Crippen molar-refractivity contribution in [2.45, 2.75) is 19.1 Å². The maximum absolute atomic E-state index is 14.4. The molecular formula is C17H14ClF4N5O. The normalized spacial score (nSPS) is 12.8. The minimum atomic E-state index is -4.49. The molecule has 28 heavy (non-hydrogen) atoms. The predicted molar refractivity (Wildman–Crippen MR) is 96.4 cm³/mol. The van der Waals surface area contributed by atoms with Crippen molar-refractivity contribution in [3.05, 3.63) is 41.7 Å². The SMILES string of the molecule is CC(Nc1cncc(-c2c[nH]c3ncc(Cl)c(F)c23)c1)C(=O)NCC(F)(F)F. The zero-order valence-corrected chi connectivity index (χ0v) is 15.1. The van der Waals surface area contributed by atoms with Crippen LogP contribution in [0.1, 0.15) is 6.92 Å².